The van der Waals surface area contributed by atoms with Crippen molar-refractivity contribution in [2.45, 2.75) is 18.9 Å². The molecule has 4 rings (SSSR count). The van der Waals surface area contributed by atoms with Crippen molar-refractivity contribution in [1.29, 1.82) is 0 Å². The van der Waals surface area contributed by atoms with Crippen molar-refractivity contribution in [2.75, 3.05) is 6.54 Å². The summed E-state index contributed by atoms with van der Waals surface area (Å²) in [5.41, 5.74) is 3.68. The predicted octanol–water partition coefficient (Wildman–Crippen LogP) is 3.35. The molecule has 5 nitrogen and oxygen atoms in total. The summed E-state index contributed by atoms with van der Waals surface area (Å²) in [7, 11) is 0. The number of H-pyrrole nitrogens is 1. The van der Waals surface area contributed by atoms with Gasteiger partial charge in [0.15, 0.2) is 0 Å². The number of amides is 2. The first-order chi connectivity index (χ1) is 12.6. The molecule has 1 atom stereocenters. The SMILES string of the molecule is O=C(C[C@@H]1NC(=O)c2ccccc21)NCCc1c[nH]c2ccc(Cl)cc12. The zero-order valence-electron chi connectivity index (χ0n) is 14.0. The van der Waals surface area contributed by atoms with Gasteiger partial charge in [-0.2, -0.15) is 0 Å². The highest BCUT2D eigenvalue weighted by molar-refractivity contribution is 6.31. The largest absolute Gasteiger partial charge is 0.361 e. The Balaban J connectivity index is 1.35. The van der Waals surface area contributed by atoms with E-state index in [0.29, 0.717) is 23.6 Å². The molecule has 0 fully saturated rings. The number of hydrogen-bond donors (Lipinski definition) is 3. The molecule has 26 heavy (non-hydrogen) atoms. The molecule has 0 saturated heterocycles. The molecular weight excluding hydrogens is 350 g/mol. The summed E-state index contributed by atoms with van der Waals surface area (Å²) in [5, 5.41) is 7.57. The predicted molar refractivity (Wildman–Crippen MR) is 101 cm³/mol. The Labute approximate surface area is 155 Å². The minimum Gasteiger partial charge on any atom is -0.361 e. The summed E-state index contributed by atoms with van der Waals surface area (Å²) in [4.78, 5) is 27.4. The molecule has 1 aromatic heterocycles. The fourth-order valence-corrected chi connectivity index (χ4v) is 3.61. The van der Waals surface area contributed by atoms with E-state index in [1.807, 2.05) is 42.6 Å². The molecule has 1 aliphatic heterocycles. The van der Waals surface area contributed by atoms with Crippen LogP contribution in [0.2, 0.25) is 5.02 Å². The molecule has 6 heteroatoms. The van der Waals surface area contributed by atoms with Gasteiger partial charge in [-0.05, 0) is 41.8 Å². The molecule has 0 bridgehead atoms. The van der Waals surface area contributed by atoms with Crippen molar-refractivity contribution in [3.8, 4) is 0 Å². The number of carbonyl (C=O) groups is 2. The van der Waals surface area contributed by atoms with E-state index in [2.05, 4.69) is 15.6 Å². The van der Waals surface area contributed by atoms with Gasteiger partial charge in [0.1, 0.15) is 0 Å². The number of fused-ring (bicyclic) bond motifs is 2. The maximum absolute atomic E-state index is 12.3. The van der Waals surface area contributed by atoms with Crippen molar-refractivity contribution in [2.24, 2.45) is 0 Å². The van der Waals surface area contributed by atoms with E-state index in [0.717, 1.165) is 22.0 Å². The molecule has 0 radical (unpaired) electrons. The van der Waals surface area contributed by atoms with Gasteiger partial charge in [-0.1, -0.05) is 29.8 Å². The van der Waals surface area contributed by atoms with Crippen LogP contribution in [0.1, 0.15) is 33.9 Å². The van der Waals surface area contributed by atoms with E-state index >= 15 is 0 Å². The number of aromatic nitrogens is 1. The zero-order chi connectivity index (χ0) is 18.1. The van der Waals surface area contributed by atoms with Crippen LogP contribution < -0.4 is 10.6 Å². The minimum absolute atomic E-state index is 0.0788. The number of halogens is 1. The fourth-order valence-electron chi connectivity index (χ4n) is 3.43. The van der Waals surface area contributed by atoms with Gasteiger partial charge in [0.05, 0.1) is 12.5 Å². The maximum atomic E-state index is 12.3. The van der Waals surface area contributed by atoms with Gasteiger partial charge in [-0.15, -0.1) is 0 Å². The first-order valence-corrected chi connectivity index (χ1v) is 8.91. The highest BCUT2D eigenvalue weighted by Gasteiger charge is 2.29. The first kappa shape index (κ1) is 16.7. The number of carbonyl (C=O) groups excluding carboxylic acids is 2. The van der Waals surface area contributed by atoms with E-state index in [1.165, 1.54) is 0 Å². The second kappa shape index (κ2) is 6.84. The second-order valence-corrected chi connectivity index (χ2v) is 6.86. The molecule has 2 amide bonds. The summed E-state index contributed by atoms with van der Waals surface area (Å²) >= 11 is 6.06. The standard InChI is InChI=1S/C20H18ClN3O2/c21-13-5-6-17-16(9-13)12(11-23-17)7-8-22-19(25)10-18-14-3-1-2-4-15(14)20(26)24-18/h1-6,9,11,18,23H,7-8,10H2,(H,22,25)(H,24,26)/t18-/m0/s1. The van der Waals surface area contributed by atoms with Gasteiger partial charge in [-0.25, -0.2) is 0 Å². The van der Waals surface area contributed by atoms with E-state index in [9.17, 15) is 9.59 Å². The highest BCUT2D eigenvalue weighted by atomic mass is 35.5. The summed E-state index contributed by atoms with van der Waals surface area (Å²) in [6, 6.07) is 12.8. The Hall–Kier alpha value is -2.79. The van der Waals surface area contributed by atoms with Crippen molar-refractivity contribution < 1.29 is 9.59 Å². The van der Waals surface area contributed by atoms with E-state index in [1.54, 1.807) is 6.07 Å². The van der Waals surface area contributed by atoms with Crippen molar-refractivity contribution in [1.82, 2.24) is 15.6 Å². The summed E-state index contributed by atoms with van der Waals surface area (Å²) < 4.78 is 0. The van der Waals surface area contributed by atoms with Crippen molar-refractivity contribution in [3.05, 3.63) is 70.4 Å². The Morgan fingerprint density at radius 2 is 2.04 bits per heavy atom. The molecule has 0 spiro atoms. The van der Waals surface area contributed by atoms with Gasteiger partial charge in [-0.3, -0.25) is 9.59 Å². The Kier molecular flexibility index (Phi) is 4.39. The third-order valence-electron chi connectivity index (χ3n) is 4.72. The quantitative estimate of drug-likeness (QED) is 0.647. The molecular formula is C20H18ClN3O2. The lowest BCUT2D eigenvalue weighted by atomic mass is 10.0. The fraction of sp³-hybridized carbons (Fsp3) is 0.200. The number of aromatic amines is 1. The lowest BCUT2D eigenvalue weighted by Gasteiger charge is -2.12. The summed E-state index contributed by atoms with van der Waals surface area (Å²) in [5.74, 6) is -0.195. The summed E-state index contributed by atoms with van der Waals surface area (Å²) in [6.45, 7) is 0.528. The summed E-state index contributed by atoms with van der Waals surface area (Å²) in [6.07, 6.45) is 2.89. The van der Waals surface area contributed by atoms with Crippen LogP contribution in [0.15, 0.2) is 48.7 Å². The molecule has 132 valence electrons. The van der Waals surface area contributed by atoms with E-state index < -0.39 is 0 Å². The zero-order valence-corrected chi connectivity index (χ0v) is 14.8. The van der Waals surface area contributed by atoms with Gasteiger partial charge in [0.25, 0.3) is 5.91 Å². The molecule has 2 aromatic carbocycles. The highest BCUT2D eigenvalue weighted by Crippen LogP contribution is 2.27. The van der Waals surface area contributed by atoms with Crippen LogP contribution in [0, 0.1) is 0 Å². The maximum Gasteiger partial charge on any atom is 0.252 e. The van der Waals surface area contributed by atoms with Crippen LogP contribution in [-0.4, -0.2) is 23.3 Å². The van der Waals surface area contributed by atoms with Gasteiger partial charge < -0.3 is 15.6 Å². The Morgan fingerprint density at radius 3 is 2.92 bits per heavy atom. The monoisotopic (exact) mass is 367 g/mol. The van der Waals surface area contributed by atoms with Crippen LogP contribution in [0.3, 0.4) is 0 Å². The van der Waals surface area contributed by atoms with Gasteiger partial charge in [0.2, 0.25) is 5.91 Å². The smallest absolute Gasteiger partial charge is 0.252 e. The normalized spacial score (nSPS) is 15.7. The number of nitrogens with one attached hydrogen (secondary N) is 3. The first-order valence-electron chi connectivity index (χ1n) is 8.54. The molecule has 0 unspecified atom stereocenters. The molecule has 0 saturated carbocycles. The molecule has 0 aliphatic carbocycles. The topological polar surface area (TPSA) is 74.0 Å². The van der Waals surface area contributed by atoms with E-state index in [4.69, 9.17) is 11.6 Å². The number of hydrogen-bond acceptors (Lipinski definition) is 2. The van der Waals surface area contributed by atoms with Crippen LogP contribution in [0.5, 0.6) is 0 Å². The lowest BCUT2D eigenvalue weighted by Crippen LogP contribution is -2.30. The van der Waals surface area contributed by atoms with Gasteiger partial charge >= 0.3 is 0 Å². The van der Waals surface area contributed by atoms with Crippen molar-refractivity contribution in [3.63, 3.8) is 0 Å². The number of rotatable bonds is 5. The third-order valence-corrected chi connectivity index (χ3v) is 4.96. The van der Waals surface area contributed by atoms with Crippen LogP contribution >= 0.6 is 11.6 Å². The molecule has 3 aromatic rings. The Bertz CT molecular complexity index is 996. The second-order valence-electron chi connectivity index (χ2n) is 6.42. The molecule has 2 heterocycles. The lowest BCUT2D eigenvalue weighted by molar-refractivity contribution is -0.121. The number of benzene rings is 2. The van der Waals surface area contributed by atoms with Crippen LogP contribution in [-0.2, 0) is 11.2 Å². The van der Waals surface area contributed by atoms with Crippen LogP contribution in [0.4, 0.5) is 0 Å². The van der Waals surface area contributed by atoms with E-state index in [-0.39, 0.29) is 24.3 Å². The average molecular weight is 368 g/mol. The minimum atomic E-state index is -0.259. The van der Waals surface area contributed by atoms with Crippen molar-refractivity contribution >= 4 is 34.3 Å². The molecule has 3 N–H and O–H groups in total. The average Bonchev–Trinajstić information content (AvgIpc) is 3.17. The van der Waals surface area contributed by atoms with Crippen LogP contribution in [0.25, 0.3) is 10.9 Å². The molecule has 1 aliphatic rings. The Morgan fingerprint density at radius 1 is 1.19 bits per heavy atom. The van der Waals surface area contributed by atoms with Gasteiger partial charge in [0, 0.05) is 34.2 Å². The third kappa shape index (κ3) is 3.18.